The number of hydrogen-bond donors (Lipinski definition) is 1. The molecule has 3 aromatic rings. The first-order chi connectivity index (χ1) is 18.4. The Kier molecular flexibility index (Phi) is 8.76. The molecular weight excluding hydrogens is 556 g/mol. The van der Waals surface area contributed by atoms with E-state index in [1.165, 1.54) is 24.3 Å². The minimum Gasteiger partial charge on any atom is -0.477 e. The fourth-order valence-corrected chi connectivity index (χ4v) is 4.27. The van der Waals surface area contributed by atoms with Crippen molar-refractivity contribution in [3.05, 3.63) is 58.6 Å². The van der Waals surface area contributed by atoms with Gasteiger partial charge in [-0.2, -0.15) is 26.3 Å². The maximum absolute atomic E-state index is 13.2. The first-order valence-electron chi connectivity index (χ1n) is 11.7. The molecule has 0 bridgehead atoms. The third-order valence-corrected chi connectivity index (χ3v) is 6.22. The number of rotatable bonds is 8. The minimum atomic E-state index is -4.69. The lowest BCUT2D eigenvalue weighted by Gasteiger charge is -2.34. The van der Waals surface area contributed by atoms with Crippen LogP contribution in [0.3, 0.4) is 0 Å². The molecule has 1 aromatic carbocycles. The van der Waals surface area contributed by atoms with Crippen LogP contribution in [0, 0.1) is 0 Å². The van der Waals surface area contributed by atoms with Crippen LogP contribution in [0.4, 0.5) is 26.3 Å². The molecule has 4 rings (SSSR count). The summed E-state index contributed by atoms with van der Waals surface area (Å²) >= 11 is 6.31. The highest BCUT2D eigenvalue weighted by atomic mass is 35.5. The summed E-state index contributed by atoms with van der Waals surface area (Å²) in [6, 6.07) is 5.17. The van der Waals surface area contributed by atoms with Crippen molar-refractivity contribution in [2.45, 2.75) is 24.8 Å². The smallest absolute Gasteiger partial charge is 0.451 e. The van der Waals surface area contributed by atoms with Gasteiger partial charge in [-0.1, -0.05) is 11.6 Å². The number of amides is 1. The molecular formula is C24H22ClF6N5O3. The summed E-state index contributed by atoms with van der Waals surface area (Å²) in [5, 5.41) is 3.21. The highest BCUT2D eigenvalue weighted by Crippen LogP contribution is 2.29. The van der Waals surface area contributed by atoms with E-state index in [2.05, 4.69) is 20.3 Å². The van der Waals surface area contributed by atoms with E-state index < -0.39 is 43.2 Å². The van der Waals surface area contributed by atoms with Crippen LogP contribution >= 0.6 is 11.6 Å². The first kappa shape index (κ1) is 28.8. The number of ether oxygens (including phenoxy) is 2. The summed E-state index contributed by atoms with van der Waals surface area (Å²) in [6.07, 6.45) is -8.05. The van der Waals surface area contributed by atoms with Gasteiger partial charge in [0.2, 0.25) is 11.7 Å². The summed E-state index contributed by atoms with van der Waals surface area (Å²) in [5.41, 5.74) is 0.722. The molecule has 0 spiro atoms. The quantitative estimate of drug-likeness (QED) is 0.384. The van der Waals surface area contributed by atoms with Gasteiger partial charge in [-0.3, -0.25) is 9.69 Å². The summed E-state index contributed by atoms with van der Waals surface area (Å²) in [6.45, 7) is 1.13. The zero-order valence-electron chi connectivity index (χ0n) is 20.2. The maximum atomic E-state index is 13.2. The number of pyridine rings is 1. The first-order valence-corrected chi connectivity index (χ1v) is 12.1. The lowest BCUT2D eigenvalue weighted by Crippen LogP contribution is -2.44. The summed E-state index contributed by atoms with van der Waals surface area (Å²) < 4.78 is 86.4. The van der Waals surface area contributed by atoms with E-state index in [0.717, 1.165) is 12.4 Å². The van der Waals surface area contributed by atoms with Crippen LogP contribution in [0.5, 0.6) is 5.88 Å². The Morgan fingerprint density at radius 1 is 1.08 bits per heavy atom. The van der Waals surface area contributed by atoms with E-state index in [1.807, 2.05) is 4.90 Å². The molecule has 1 aliphatic rings. The summed E-state index contributed by atoms with van der Waals surface area (Å²) in [4.78, 5) is 26.2. The fourth-order valence-electron chi connectivity index (χ4n) is 4.02. The Labute approximate surface area is 223 Å². The molecule has 0 saturated carbocycles. The van der Waals surface area contributed by atoms with E-state index >= 15 is 0 Å². The molecule has 1 N–H and O–H groups in total. The van der Waals surface area contributed by atoms with Crippen LogP contribution in [0.2, 0.25) is 5.02 Å². The Balaban J connectivity index is 1.53. The number of fused-ring (bicyclic) bond motifs is 1. The van der Waals surface area contributed by atoms with E-state index in [1.54, 1.807) is 0 Å². The second-order valence-electron chi connectivity index (χ2n) is 8.56. The molecule has 0 aliphatic carbocycles. The van der Waals surface area contributed by atoms with Gasteiger partial charge in [0.25, 0.3) is 5.91 Å². The molecule has 210 valence electrons. The normalized spacial score (nSPS) is 15.8. The van der Waals surface area contributed by atoms with Gasteiger partial charge in [-0.15, -0.1) is 0 Å². The van der Waals surface area contributed by atoms with Gasteiger partial charge in [0.1, 0.15) is 0 Å². The van der Waals surface area contributed by atoms with Crippen LogP contribution < -0.4 is 10.1 Å². The van der Waals surface area contributed by atoms with Gasteiger partial charge in [0.15, 0.2) is 0 Å². The molecule has 1 saturated heterocycles. The van der Waals surface area contributed by atoms with Crippen molar-refractivity contribution in [3.63, 3.8) is 0 Å². The van der Waals surface area contributed by atoms with E-state index in [-0.39, 0.29) is 28.5 Å². The number of carbonyl (C=O) groups excluding carboxylic acids is 1. The van der Waals surface area contributed by atoms with Crippen LogP contribution in [0.15, 0.2) is 36.7 Å². The van der Waals surface area contributed by atoms with Gasteiger partial charge in [-0.25, -0.2) is 15.0 Å². The number of hydrogen-bond acceptors (Lipinski definition) is 7. The zero-order chi connectivity index (χ0) is 28.2. The van der Waals surface area contributed by atoms with Crippen molar-refractivity contribution >= 4 is 28.4 Å². The number of morpholine rings is 1. The SMILES string of the molecule is O=C(NCC(c1cnc(C(F)(F)F)nc1)N1CCOCC1)c1c(Cl)ccc2nc(OCCC(F)(F)F)ccc12. The Morgan fingerprint density at radius 2 is 1.77 bits per heavy atom. The number of benzene rings is 1. The van der Waals surface area contributed by atoms with Crippen LogP contribution in [-0.4, -0.2) is 71.4 Å². The lowest BCUT2D eigenvalue weighted by molar-refractivity contribution is -0.145. The Hall–Kier alpha value is -3.23. The van der Waals surface area contributed by atoms with Crippen LogP contribution in [-0.2, 0) is 10.9 Å². The number of alkyl halides is 6. The van der Waals surface area contributed by atoms with E-state index in [9.17, 15) is 31.1 Å². The topological polar surface area (TPSA) is 89.5 Å². The molecule has 1 aliphatic heterocycles. The molecule has 1 amide bonds. The highest BCUT2D eigenvalue weighted by Gasteiger charge is 2.35. The zero-order valence-corrected chi connectivity index (χ0v) is 20.9. The highest BCUT2D eigenvalue weighted by molar-refractivity contribution is 6.35. The van der Waals surface area contributed by atoms with Crippen molar-refractivity contribution in [2.24, 2.45) is 0 Å². The lowest BCUT2D eigenvalue weighted by atomic mass is 10.1. The average molecular weight is 578 g/mol. The third kappa shape index (κ3) is 7.46. The van der Waals surface area contributed by atoms with Gasteiger partial charge in [0.05, 0.1) is 48.4 Å². The van der Waals surface area contributed by atoms with Crippen LogP contribution in [0.1, 0.15) is 34.2 Å². The predicted molar refractivity (Wildman–Crippen MR) is 127 cm³/mol. The number of nitrogens with one attached hydrogen (secondary N) is 1. The van der Waals surface area contributed by atoms with Gasteiger partial charge >= 0.3 is 12.4 Å². The molecule has 8 nitrogen and oxygen atoms in total. The van der Waals surface area contributed by atoms with Crippen molar-refractivity contribution in [3.8, 4) is 5.88 Å². The summed E-state index contributed by atoms with van der Waals surface area (Å²) in [5.74, 6) is -1.90. The van der Waals surface area contributed by atoms with Crippen molar-refractivity contribution < 1.29 is 40.6 Å². The average Bonchev–Trinajstić information content (AvgIpc) is 2.88. The molecule has 3 heterocycles. The summed E-state index contributed by atoms with van der Waals surface area (Å²) in [7, 11) is 0. The number of aromatic nitrogens is 3. The third-order valence-electron chi connectivity index (χ3n) is 5.91. The fraction of sp³-hybridized carbons (Fsp3) is 0.417. The second kappa shape index (κ2) is 11.9. The molecule has 39 heavy (non-hydrogen) atoms. The van der Waals surface area contributed by atoms with Gasteiger partial charge < -0.3 is 14.8 Å². The molecule has 15 heteroatoms. The second-order valence-corrected chi connectivity index (χ2v) is 8.97. The van der Waals surface area contributed by atoms with Gasteiger partial charge in [-0.05, 0) is 18.2 Å². The maximum Gasteiger partial charge on any atom is 0.451 e. The van der Waals surface area contributed by atoms with E-state index in [0.29, 0.717) is 37.3 Å². The number of carbonyl (C=O) groups is 1. The molecule has 2 aromatic heterocycles. The number of nitrogens with zero attached hydrogens (tertiary/aromatic N) is 4. The predicted octanol–water partition coefficient (Wildman–Crippen LogP) is 4.83. The molecule has 1 fully saturated rings. The largest absolute Gasteiger partial charge is 0.477 e. The molecule has 0 radical (unpaired) electrons. The Bertz CT molecular complexity index is 1300. The van der Waals surface area contributed by atoms with Crippen molar-refractivity contribution in [2.75, 3.05) is 39.5 Å². The monoisotopic (exact) mass is 577 g/mol. The van der Waals surface area contributed by atoms with Gasteiger partial charge in [0, 0.05) is 49.0 Å². The van der Waals surface area contributed by atoms with Crippen molar-refractivity contribution in [1.29, 1.82) is 0 Å². The standard InChI is InChI=1S/C24H22ClF6N5O3/c25-16-2-3-17-15(1-4-19(35-17)39-8-5-23(26,27)28)20(16)21(37)32-13-18(36-6-9-38-10-7-36)14-11-33-22(34-12-14)24(29,30)31/h1-4,11-12,18H,5-10,13H2,(H,32,37). The number of halogens is 7. The van der Waals surface area contributed by atoms with Crippen molar-refractivity contribution in [1.82, 2.24) is 25.2 Å². The van der Waals surface area contributed by atoms with E-state index in [4.69, 9.17) is 21.1 Å². The van der Waals surface area contributed by atoms with Crippen LogP contribution in [0.25, 0.3) is 10.9 Å². The Morgan fingerprint density at radius 3 is 2.41 bits per heavy atom. The molecule has 1 atom stereocenters. The minimum absolute atomic E-state index is 0.00760. The molecule has 1 unspecified atom stereocenters.